The third-order valence-electron chi connectivity index (χ3n) is 1.79. The first-order valence-corrected chi connectivity index (χ1v) is 4.37. The summed E-state index contributed by atoms with van der Waals surface area (Å²) in [6.07, 6.45) is 0.694. The number of hydrogen-bond donors (Lipinski definition) is 1. The average Bonchev–Trinajstić information content (AvgIpc) is 1.87. The minimum absolute atomic E-state index is 0.178. The van der Waals surface area contributed by atoms with Gasteiger partial charge in [0.1, 0.15) is 0 Å². The van der Waals surface area contributed by atoms with Crippen molar-refractivity contribution < 1.29 is 9.84 Å². The molecule has 11 heavy (non-hydrogen) atoms. The third kappa shape index (κ3) is 5.22. The Morgan fingerprint density at radius 2 is 1.82 bits per heavy atom. The monoisotopic (exact) mass is 160 g/mol. The molecule has 0 aromatic heterocycles. The van der Waals surface area contributed by atoms with E-state index >= 15 is 0 Å². The molecule has 0 heterocycles. The first-order chi connectivity index (χ1) is 5.07. The van der Waals surface area contributed by atoms with Gasteiger partial charge in [-0.25, -0.2) is 0 Å². The highest BCUT2D eigenvalue weighted by Gasteiger charge is 2.13. The molecule has 0 aliphatic carbocycles. The summed E-state index contributed by atoms with van der Waals surface area (Å²) in [5, 5.41) is 9.44. The van der Waals surface area contributed by atoms with Gasteiger partial charge in [0.15, 0.2) is 0 Å². The van der Waals surface area contributed by atoms with Crippen molar-refractivity contribution in [1.82, 2.24) is 0 Å². The van der Waals surface area contributed by atoms with Gasteiger partial charge in [-0.15, -0.1) is 0 Å². The summed E-state index contributed by atoms with van der Waals surface area (Å²) in [5.74, 6) is 0.331. The van der Waals surface area contributed by atoms with Gasteiger partial charge in [0.05, 0.1) is 12.2 Å². The Morgan fingerprint density at radius 3 is 2.18 bits per heavy atom. The van der Waals surface area contributed by atoms with Crippen molar-refractivity contribution in [3.63, 3.8) is 0 Å². The lowest BCUT2D eigenvalue weighted by Crippen LogP contribution is -2.22. The summed E-state index contributed by atoms with van der Waals surface area (Å²) in [6.45, 7) is 8.73. The highest BCUT2D eigenvalue weighted by atomic mass is 16.5. The van der Waals surface area contributed by atoms with E-state index in [1.165, 1.54) is 0 Å². The second kappa shape index (κ2) is 5.56. The molecule has 0 amide bonds. The topological polar surface area (TPSA) is 29.5 Å². The zero-order chi connectivity index (χ0) is 8.85. The molecule has 0 radical (unpaired) electrons. The SMILES string of the molecule is CCOC(C)CC(O)C(C)C. The van der Waals surface area contributed by atoms with E-state index in [9.17, 15) is 5.11 Å². The fourth-order valence-corrected chi connectivity index (χ4v) is 0.965. The van der Waals surface area contributed by atoms with Crippen LogP contribution < -0.4 is 0 Å². The molecule has 0 bridgehead atoms. The Bertz CT molecular complexity index is 91.6. The summed E-state index contributed by atoms with van der Waals surface area (Å²) in [4.78, 5) is 0. The standard InChI is InChI=1S/C9H20O2/c1-5-11-8(4)6-9(10)7(2)3/h7-10H,5-6H2,1-4H3. The van der Waals surface area contributed by atoms with Crippen LogP contribution in [0.3, 0.4) is 0 Å². The maximum Gasteiger partial charge on any atom is 0.0587 e. The Labute approximate surface area is 69.6 Å². The Morgan fingerprint density at radius 1 is 1.27 bits per heavy atom. The van der Waals surface area contributed by atoms with Crippen LogP contribution in [0.15, 0.2) is 0 Å². The molecule has 2 atom stereocenters. The fourth-order valence-electron chi connectivity index (χ4n) is 0.965. The summed E-state index contributed by atoms with van der Waals surface area (Å²) >= 11 is 0. The van der Waals surface area contributed by atoms with Gasteiger partial charge in [0, 0.05) is 6.61 Å². The molecular weight excluding hydrogens is 140 g/mol. The lowest BCUT2D eigenvalue weighted by Gasteiger charge is -2.18. The molecule has 0 spiro atoms. The van der Waals surface area contributed by atoms with E-state index < -0.39 is 0 Å². The lowest BCUT2D eigenvalue weighted by atomic mass is 10.0. The smallest absolute Gasteiger partial charge is 0.0587 e. The number of rotatable bonds is 5. The molecule has 0 aromatic rings. The van der Waals surface area contributed by atoms with Gasteiger partial charge in [-0.05, 0) is 26.2 Å². The number of aliphatic hydroxyl groups excluding tert-OH is 1. The lowest BCUT2D eigenvalue weighted by molar-refractivity contribution is 0.0164. The van der Waals surface area contributed by atoms with E-state index in [0.717, 1.165) is 13.0 Å². The normalized spacial score (nSPS) is 16.9. The molecule has 0 rings (SSSR count). The van der Waals surface area contributed by atoms with Gasteiger partial charge < -0.3 is 9.84 Å². The molecular formula is C9H20O2. The summed E-state index contributed by atoms with van der Waals surface area (Å²) in [7, 11) is 0. The molecule has 68 valence electrons. The van der Waals surface area contributed by atoms with Gasteiger partial charge in [0.25, 0.3) is 0 Å². The predicted octanol–water partition coefficient (Wildman–Crippen LogP) is 1.82. The first kappa shape index (κ1) is 10.9. The summed E-state index contributed by atoms with van der Waals surface area (Å²) in [6, 6.07) is 0. The zero-order valence-corrected chi connectivity index (χ0v) is 8.00. The van der Waals surface area contributed by atoms with Crippen molar-refractivity contribution in [2.75, 3.05) is 6.61 Å². The zero-order valence-electron chi connectivity index (χ0n) is 8.00. The molecule has 2 heteroatoms. The molecule has 1 N–H and O–H groups in total. The number of aliphatic hydroxyl groups is 1. The Balaban J connectivity index is 3.48. The van der Waals surface area contributed by atoms with Crippen molar-refractivity contribution in [3.05, 3.63) is 0 Å². The molecule has 0 saturated heterocycles. The minimum Gasteiger partial charge on any atom is -0.393 e. The van der Waals surface area contributed by atoms with Gasteiger partial charge in [-0.1, -0.05) is 13.8 Å². The van der Waals surface area contributed by atoms with Crippen molar-refractivity contribution in [2.24, 2.45) is 5.92 Å². The van der Waals surface area contributed by atoms with Crippen LogP contribution in [0.2, 0.25) is 0 Å². The minimum atomic E-state index is -0.225. The summed E-state index contributed by atoms with van der Waals surface area (Å²) in [5.41, 5.74) is 0. The van der Waals surface area contributed by atoms with Crippen molar-refractivity contribution in [1.29, 1.82) is 0 Å². The van der Waals surface area contributed by atoms with Gasteiger partial charge in [0.2, 0.25) is 0 Å². The first-order valence-electron chi connectivity index (χ1n) is 4.37. The van der Waals surface area contributed by atoms with Crippen molar-refractivity contribution in [2.45, 2.75) is 46.3 Å². The number of hydrogen-bond acceptors (Lipinski definition) is 2. The van der Waals surface area contributed by atoms with Gasteiger partial charge in [-0.3, -0.25) is 0 Å². The third-order valence-corrected chi connectivity index (χ3v) is 1.79. The highest BCUT2D eigenvalue weighted by Crippen LogP contribution is 2.09. The van der Waals surface area contributed by atoms with E-state index in [-0.39, 0.29) is 12.2 Å². The van der Waals surface area contributed by atoms with Crippen LogP contribution in [0, 0.1) is 5.92 Å². The van der Waals surface area contributed by atoms with E-state index in [4.69, 9.17) is 4.74 Å². The molecule has 0 aromatic carbocycles. The van der Waals surface area contributed by atoms with Crippen LogP contribution in [0.1, 0.15) is 34.1 Å². The van der Waals surface area contributed by atoms with Crippen molar-refractivity contribution in [3.8, 4) is 0 Å². The molecule has 0 saturated carbocycles. The van der Waals surface area contributed by atoms with Crippen LogP contribution >= 0.6 is 0 Å². The van der Waals surface area contributed by atoms with Crippen LogP contribution in [-0.2, 0) is 4.74 Å². The van der Waals surface area contributed by atoms with E-state index in [2.05, 4.69) is 0 Å². The highest BCUT2D eigenvalue weighted by molar-refractivity contribution is 4.63. The second-order valence-corrected chi connectivity index (χ2v) is 3.31. The molecule has 0 aliphatic rings. The van der Waals surface area contributed by atoms with Crippen LogP contribution in [0.4, 0.5) is 0 Å². The maximum atomic E-state index is 9.44. The van der Waals surface area contributed by atoms with E-state index in [1.54, 1.807) is 0 Å². The molecule has 2 unspecified atom stereocenters. The molecule has 2 nitrogen and oxygen atoms in total. The Kier molecular flexibility index (Phi) is 5.51. The Hall–Kier alpha value is -0.0800. The molecule has 0 fully saturated rings. The van der Waals surface area contributed by atoms with Crippen molar-refractivity contribution >= 4 is 0 Å². The largest absolute Gasteiger partial charge is 0.393 e. The fraction of sp³-hybridized carbons (Fsp3) is 1.00. The second-order valence-electron chi connectivity index (χ2n) is 3.31. The quantitative estimate of drug-likeness (QED) is 0.664. The van der Waals surface area contributed by atoms with E-state index in [0.29, 0.717) is 5.92 Å². The van der Waals surface area contributed by atoms with Gasteiger partial charge >= 0.3 is 0 Å². The van der Waals surface area contributed by atoms with Crippen LogP contribution in [0.25, 0.3) is 0 Å². The predicted molar refractivity (Wildman–Crippen MR) is 46.5 cm³/mol. The maximum absolute atomic E-state index is 9.44. The summed E-state index contributed by atoms with van der Waals surface area (Å²) < 4.78 is 5.30. The molecule has 0 aliphatic heterocycles. The number of ether oxygens (including phenoxy) is 1. The van der Waals surface area contributed by atoms with Gasteiger partial charge in [-0.2, -0.15) is 0 Å². The van der Waals surface area contributed by atoms with Crippen LogP contribution in [-0.4, -0.2) is 23.9 Å². The van der Waals surface area contributed by atoms with E-state index in [1.807, 2.05) is 27.7 Å². The van der Waals surface area contributed by atoms with Crippen LogP contribution in [0.5, 0.6) is 0 Å². The average molecular weight is 160 g/mol.